The van der Waals surface area contributed by atoms with Crippen LogP contribution in [0, 0.1) is 0 Å². The summed E-state index contributed by atoms with van der Waals surface area (Å²) in [5, 5.41) is 2.96. The van der Waals surface area contributed by atoms with Gasteiger partial charge in [0.15, 0.2) is 0 Å². The lowest BCUT2D eigenvalue weighted by Gasteiger charge is -2.31. The lowest BCUT2D eigenvalue weighted by molar-refractivity contribution is -0.141. The third-order valence-corrected chi connectivity index (χ3v) is 5.51. The van der Waals surface area contributed by atoms with Gasteiger partial charge in [0.1, 0.15) is 11.8 Å². The number of hydrogen-bond donors (Lipinski definition) is 1. The Morgan fingerprint density at radius 3 is 2.10 bits per heavy atom. The summed E-state index contributed by atoms with van der Waals surface area (Å²) in [5.41, 5.74) is 3.40. The number of nitrogens with zero attached hydrogens (tertiary/aromatic N) is 1. The number of benzene rings is 2. The van der Waals surface area contributed by atoms with Gasteiger partial charge in [-0.3, -0.25) is 9.59 Å². The summed E-state index contributed by atoms with van der Waals surface area (Å²) in [4.78, 5) is 27.8. The molecule has 1 unspecified atom stereocenters. The molecular weight excluding hydrogens is 388 g/mol. The number of carbonyl (C=O) groups excluding carboxylic acids is 2. The number of rotatable bonds is 12. The zero-order valence-corrected chi connectivity index (χ0v) is 19.3. The maximum absolute atomic E-state index is 13.3. The van der Waals surface area contributed by atoms with Gasteiger partial charge in [-0.25, -0.2) is 0 Å². The van der Waals surface area contributed by atoms with Crippen molar-refractivity contribution in [2.24, 2.45) is 0 Å². The minimum atomic E-state index is -0.483. The van der Waals surface area contributed by atoms with Crippen molar-refractivity contribution in [1.29, 1.82) is 0 Å². The fraction of sp³-hybridized carbons (Fsp3) is 0.462. The Labute approximate surface area is 186 Å². The first-order chi connectivity index (χ1) is 15.0. The van der Waals surface area contributed by atoms with Crippen LogP contribution in [0.1, 0.15) is 56.7 Å². The van der Waals surface area contributed by atoms with Crippen molar-refractivity contribution in [1.82, 2.24) is 10.2 Å². The summed E-state index contributed by atoms with van der Waals surface area (Å²) >= 11 is 0. The Morgan fingerprint density at radius 2 is 1.55 bits per heavy atom. The second-order valence-electron chi connectivity index (χ2n) is 7.75. The third-order valence-electron chi connectivity index (χ3n) is 5.51. The van der Waals surface area contributed by atoms with E-state index in [9.17, 15) is 9.59 Å². The van der Waals surface area contributed by atoms with Crippen LogP contribution in [0.2, 0.25) is 0 Å². The van der Waals surface area contributed by atoms with Crippen LogP contribution in [-0.4, -0.2) is 36.4 Å². The Bertz CT molecular complexity index is 816. The smallest absolute Gasteiger partial charge is 0.242 e. The molecule has 0 saturated carbocycles. The van der Waals surface area contributed by atoms with Crippen LogP contribution in [0.25, 0.3) is 0 Å². The van der Waals surface area contributed by atoms with Crippen molar-refractivity contribution >= 4 is 11.8 Å². The van der Waals surface area contributed by atoms with Gasteiger partial charge in [0.05, 0.1) is 7.11 Å². The fourth-order valence-corrected chi connectivity index (χ4v) is 3.55. The molecule has 0 saturated heterocycles. The second kappa shape index (κ2) is 12.8. The van der Waals surface area contributed by atoms with Gasteiger partial charge in [0.25, 0.3) is 0 Å². The fourth-order valence-electron chi connectivity index (χ4n) is 3.55. The van der Waals surface area contributed by atoms with Gasteiger partial charge in [0, 0.05) is 19.5 Å². The van der Waals surface area contributed by atoms with Gasteiger partial charge in [-0.1, -0.05) is 57.2 Å². The summed E-state index contributed by atoms with van der Waals surface area (Å²) in [7, 11) is 1.63. The molecule has 0 aromatic heterocycles. The predicted molar refractivity (Wildman–Crippen MR) is 125 cm³/mol. The van der Waals surface area contributed by atoms with Gasteiger partial charge in [0.2, 0.25) is 11.8 Å². The summed E-state index contributed by atoms with van der Waals surface area (Å²) in [5.74, 6) is 0.678. The minimum Gasteiger partial charge on any atom is -0.497 e. The predicted octanol–water partition coefficient (Wildman–Crippen LogP) is 4.52. The van der Waals surface area contributed by atoms with Gasteiger partial charge >= 0.3 is 0 Å². The van der Waals surface area contributed by atoms with Gasteiger partial charge in [-0.2, -0.15) is 0 Å². The number of nitrogens with one attached hydrogen (secondary N) is 1. The Hall–Kier alpha value is -2.82. The molecule has 0 heterocycles. The molecule has 0 spiro atoms. The molecule has 168 valence electrons. The highest BCUT2D eigenvalue weighted by atomic mass is 16.5. The molecule has 2 aromatic carbocycles. The highest BCUT2D eigenvalue weighted by molar-refractivity contribution is 5.87. The van der Waals surface area contributed by atoms with E-state index in [-0.39, 0.29) is 11.8 Å². The molecule has 1 N–H and O–H groups in total. The van der Waals surface area contributed by atoms with Gasteiger partial charge in [-0.05, 0) is 54.5 Å². The lowest BCUT2D eigenvalue weighted by Crippen LogP contribution is -2.49. The number of amides is 2. The van der Waals surface area contributed by atoms with E-state index in [1.165, 1.54) is 5.56 Å². The molecule has 2 rings (SSSR count). The van der Waals surface area contributed by atoms with Crippen LogP contribution in [0.5, 0.6) is 5.75 Å². The number of carbonyl (C=O) groups is 2. The van der Waals surface area contributed by atoms with Crippen LogP contribution in [0.15, 0.2) is 48.5 Å². The van der Waals surface area contributed by atoms with Crippen LogP contribution >= 0.6 is 0 Å². The average molecular weight is 425 g/mol. The van der Waals surface area contributed by atoms with Crippen LogP contribution in [0.3, 0.4) is 0 Å². The summed E-state index contributed by atoms with van der Waals surface area (Å²) in [6.07, 6.45) is 3.47. The molecule has 2 aromatic rings. The van der Waals surface area contributed by atoms with Gasteiger partial charge < -0.3 is 15.0 Å². The van der Waals surface area contributed by atoms with Crippen LogP contribution in [-0.2, 0) is 29.0 Å². The van der Waals surface area contributed by atoms with E-state index in [4.69, 9.17) is 4.74 Å². The SMILES string of the molecule is CCCNC(=O)C(CC)N(Cc1ccc(OC)cc1)C(=O)CCc1ccc(CC)cc1. The van der Waals surface area contributed by atoms with Crippen molar-refractivity contribution in [2.45, 2.75) is 65.5 Å². The zero-order valence-electron chi connectivity index (χ0n) is 19.3. The summed E-state index contributed by atoms with van der Waals surface area (Å²) < 4.78 is 5.23. The number of methoxy groups -OCH3 is 1. The largest absolute Gasteiger partial charge is 0.497 e. The van der Waals surface area contributed by atoms with Crippen molar-refractivity contribution in [3.05, 3.63) is 65.2 Å². The first-order valence-corrected chi connectivity index (χ1v) is 11.3. The average Bonchev–Trinajstić information content (AvgIpc) is 2.81. The standard InChI is InChI=1S/C26H36N2O3/c1-5-18-27-26(30)24(7-3)28(19-22-12-15-23(31-4)16-13-22)25(29)17-14-21-10-8-20(6-2)9-11-21/h8-13,15-16,24H,5-7,14,17-19H2,1-4H3,(H,27,30). The molecule has 0 aliphatic rings. The third kappa shape index (κ3) is 7.42. The molecule has 0 aliphatic heterocycles. The molecule has 0 bridgehead atoms. The monoisotopic (exact) mass is 424 g/mol. The van der Waals surface area contributed by atoms with E-state index in [0.717, 1.165) is 29.7 Å². The van der Waals surface area contributed by atoms with E-state index in [0.29, 0.717) is 32.4 Å². The quantitative estimate of drug-likeness (QED) is 0.545. The van der Waals surface area contributed by atoms with Crippen LogP contribution < -0.4 is 10.1 Å². The number of hydrogen-bond acceptors (Lipinski definition) is 3. The molecule has 5 nitrogen and oxygen atoms in total. The molecule has 0 aliphatic carbocycles. The summed E-state index contributed by atoms with van der Waals surface area (Å²) in [6.45, 7) is 7.11. The normalized spacial score (nSPS) is 11.6. The van der Waals surface area contributed by atoms with E-state index in [1.807, 2.05) is 38.1 Å². The first kappa shape index (κ1) is 24.4. The van der Waals surface area contributed by atoms with E-state index in [1.54, 1.807) is 12.0 Å². The molecular formula is C26H36N2O3. The maximum atomic E-state index is 13.3. The minimum absolute atomic E-state index is 0.00566. The van der Waals surface area contributed by atoms with Crippen molar-refractivity contribution < 1.29 is 14.3 Å². The summed E-state index contributed by atoms with van der Waals surface area (Å²) in [6, 6.07) is 15.6. The van der Waals surface area contributed by atoms with Crippen LogP contribution in [0.4, 0.5) is 0 Å². The first-order valence-electron chi connectivity index (χ1n) is 11.3. The molecule has 0 radical (unpaired) electrons. The van der Waals surface area contributed by atoms with Gasteiger partial charge in [-0.15, -0.1) is 0 Å². The van der Waals surface area contributed by atoms with Crippen molar-refractivity contribution in [3.8, 4) is 5.75 Å². The Morgan fingerprint density at radius 1 is 0.935 bits per heavy atom. The highest BCUT2D eigenvalue weighted by Crippen LogP contribution is 2.18. The highest BCUT2D eigenvalue weighted by Gasteiger charge is 2.28. The molecule has 2 amide bonds. The Balaban J connectivity index is 2.16. The second-order valence-corrected chi connectivity index (χ2v) is 7.75. The number of aryl methyl sites for hydroxylation is 2. The molecule has 5 heteroatoms. The molecule has 0 fully saturated rings. The van der Waals surface area contributed by atoms with Crippen molar-refractivity contribution in [2.75, 3.05) is 13.7 Å². The maximum Gasteiger partial charge on any atom is 0.242 e. The number of ether oxygens (including phenoxy) is 1. The van der Waals surface area contributed by atoms with E-state index < -0.39 is 6.04 Å². The lowest BCUT2D eigenvalue weighted by atomic mass is 10.0. The van der Waals surface area contributed by atoms with Crippen molar-refractivity contribution in [3.63, 3.8) is 0 Å². The molecule has 1 atom stereocenters. The van der Waals surface area contributed by atoms with E-state index in [2.05, 4.69) is 36.5 Å². The van der Waals surface area contributed by atoms with E-state index >= 15 is 0 Å². The topological polar surface area (TPSA) is 58.6 Å². The Kier molecular flexibility index (Phi) is 10.1. The molecule has 31 heavy (non-hydrogen) atoms. The zero-order chi connectivity index (χ0) is 22.6.